The first-order valence-electron chi connectivity index (χ1n) is 8.16. The molecule has 2 unspecified atom stereocenters. The topological polar surface area (TPSA) is 56.4 Å². The van der Waals surface area contributed by atoms with Crippen molar-refractivity contribution in [2.45, 2.75) is 25.7 Å². The molecule has 0 aliphatic heterocycles. The van der Waals surface area contributed by atoms with Gasteiger partial charge in [0, 0.05) is 12.1 Å². The molecule has 1 N–H and O–H groups in total. The minimum atomic E-state index is -0.779. The molecule has 5 nitrogen and oxygen atoms in total. The Morgan fingerprint density at radius 2 is 1.76 bits per heavy atom. The number of ether oxygens (including phenoxy) is 1. The lowest BCUT2D eigenvalue weighted by Crippen LogP contribution is -2.30. The maximum Gasteiger partial charge on any atom is 0.328 e. The summed E-state index contributed by atoms with van der Waals surface area (Å²) in [5.74, 6) is 0. The van der Waals surface area contributed by atoms with E-state index in [9.17, 15) is 9.90 Å². The van der Waals surface area contributed by atoms with Gasteiger partial charge in [0.05, 0.1) is 36.4 Å². The normalized spacial score (nSPS) is 13.9. The van der Waals surface area contributed by atoms with Crippen LogP contribution >= 0.6 is 11.6 Å². The van der Waals surface area contributed by atoms with Crippen molar-refractivity contribution in [3.05, 3.63) is 69.6 Å². The number of hydrogen-bond acceptors (Lipinski definition) is 3. The quantitative estimate of drug-likeness (QED) is 0.734. The summed E-state index contributed by atoms with van der Waals surface area (Å²) in [6.45, 7) is 2.24. The van der Waals surface area contributed by atoms with Crippen molar-refractivity contribution in [1.82, 2.24) is 9.13 Å². The van der Waals surface area contributed by atoms with Gasteiger partial charge in [-0.1, -0.05) is 35.9 Å². The van der Waals surface area contributed by atoms with Crippen molar-refractivity contribution in [1.29, 1.82) is 0 Å². The van der Waals surface area contributed by atoms with Gasteiger partial charge in [-0.15, -0.1) is 0 Å². The molecule has 0 amide bonds. The van der Waals surface area contributed by atoms with Crippen LogP contribution in [0.25, 0.3) is 11.0 Å². The van der Waals surface area contributed by atoms with Crippen molar-refractivity contribution in [2.75, 3.05) is 6.61 Å². The molecule has 3 rings (SSSR count). The maximum atomic E-state index is 12.4. The number of benzene rings is 2. The van der Waals surface area contributed by atoms with Crippen molar-refractivity contribution >= 4 is 22.6 Å². The zero-order chi connectivity index (χ0) is 18.0. The van der Waals surface area contributed by atoms with Crippen LogP contribution in [0.3, 0.4) is 0 Å². The van der Waals surface area contributed by atoms with Crippen LogP contribution in [0, 0.1) is 0 Å². The number of hydrogen-bond donors (Lipinski definition) is 1. The smallest absolute Gasteiger partial charge is 0.328 e. The summed E-state index contributed by atoms with van der Waals surface area (Å²) in [5, 5.41) is 11.0. The molecule has 0 spiro atoms. The molecule has 0 radical (unpaired) electrons. The molecule has 3 aromatic rings. The fourth-order valence-corrected chi connectivity index (χ4v) is 3.01. The number of fused-ring (bicyclic) bond motifs is 1. The summed E-state index contributed by atoms with van der Waals surface area (Å²) in [4.78, 5) is 12.4. The molecule has 2 aromatic carbocycles. The third-order valence-corrected chi connectivity index (χ3v) is 4.58. The molecular formula is C19H21ClN2O3. The number of para-hydroxylation sites is 2. The monoisotopic (exact) mass is 360 g/mol. The Morgan fingerprint density at radius 1 is 1.12 bits per heavy atom. The SMILES string of the molecule is CC(OCC(O)Cn1c(=O)n(C)c2ccccc21)c1ccc(Cl)cc1. The van der Waals surface area contributed by atoms with Gasteiger partial charge in [0.2, 0.25) is 0 Å². The number of nitrogens with zero attached hydrogens (tertiary/aromatic N) is 2. The van der Waals surface area contributed by atoms with E-state index in [0.29, 0.717) is 5.02 Å². The molecule has 6 heteroatoms. The van der Waals surface area contributed by atoms with Crippen molar-refractivity contribution in [2.24, 2.45) is 7.05 Å². The Kier molecular flexibility index (Phi) is 5.27. The van der Waals surface area contributed by atoms with E-state index in [-0.39, 0.29) is 24.9 Å². The van der Waals surface area contributed by atoms with E-state index in [1.807, 2.05) is 55.5 Å². The number of aromatic nitrogens is 2. The Hall–Kier alpha value is -2.08. The highest BCUT2D eigenvalue weighted by molar-refractivity contribution is 6.30. The molecule has 0 bridgehead atoms. The van der Waals surface area contributed by atoms with Crippen molar-refractivity contribution in [3.63, 3.8) is 0 Å². The van der Waals surface area contributed by atoms with Gasteiger partial charge in [0.1, 0.15) is 0 Å². The molecule has 1 heterocycles. The average Bonchev–Trinajstić information content (AvgIpc) is 2.85. The number of halogens is 1. The fourth-order valence-electron chi connectivity index (χ4n) is 2.89. The van der Waals surface area contributed by atoms with E-state index in [0.717, 1.165) is 16.6 Å². The number of aliphatic hydroxyl groups is 1. The van der Waals surface area contributed by atoms with Gasteiger partial charge in [-0.25, -0.2) is 4.79 Å². The minimum Gasteiger partial charge on any atom is -0.389 e. The summed E-state index contributed by atoms with van der Waals surface area (Å²) < 4.78 is 8.91. The van der Waals surface area contributed by atoms with Gasteiger partial charge in [-0.05, 0) is 36.8 Å². The van der Waals surface area contributed by atoms with Gasteiger partial charge < -0.3 is 9.84 Å². The summed E-state index contributed by atoms with van der Waals surface area (Å²) in [6, 6.07) is 14.9. The Balaban J connectivity index is 1.67. The van der Waals surface area contributed by atoms with Crippen LogP contribution in [-0.2, 0) is 18.3 Å². The first-order chi connectivity index (χ1) is 12.0. The molecule has 25 heavy (non-hydrogen) atoms. The van der Waals surface area contributed by atoms with E-state index in [4.69, 9.17) is 16.3 Å². The molecule has 0 aliphatic rings. The Bertz CT molecular complexity index is 915. The third kappa shape index (κ3) is 3.79. The van der Waals surface area contributed by atoms with Crippen LogP contribution in [0.5, 0.6) is 0 Å². The number of aryl methyl sites for hydroxylation is 1. The standard InChI is InChI=1S/C19H21ClN2O3/c1-13(14-7-9-15(20)10-8-14)25-12-16(23)11-22-18-6-4-3-5-17(18)21(2)19(22)24/h3-10,13,16,23H,11-12H2,1-2H3. The van der Waals surface area contributed by atoms with E-state index < -0.39 is 6.10 Å². The second-order valence-corrected chi connectivity index (χ2v) is 6.56. The number of imidazole rings is 1. The Morgan fingerprint density at radius 3 is 2.44 bits per heavy atom. The van der Waals surface area contributed by atoms with Crippen LogP contribution in [0.4, 0.5) is 0 Å². The van der Waals surface area contributed by atoms with Crippen LogP contribution in [0.15, 0.2) is 53.3 Å². The average molecular weight is 361 g/mol. The van der Waals surface area contributed by atoms with Gasteiger partial charge in [0.15, 0.2) is 0 Å². The van der Waals surface area contributed by atoms with E-state index >= 15 is 0 Å². The van der Waals surface area contributed by atoms with Crippen LogP contribution in [0.1, 0.15) is 18.6 Å². The van der Waals surface area contributed by atoms with Crippen molar-refractivity contribution in [3.8, 4) is 0 Å². The first kappa shape index (κ1) is 17.7. The van der Waals surface area contributed by atoms with Gasteiger partial charge >= 0.3 is 5.69 Å². The minimum absolute atomic E-state index is 0.138. The zero-order valence-electron chi connectivity index (χ0n) is 14.2. The third-order valence-electron chi connectivity index (χ3n) is 4.32. The van der Waals surface area contributed by atoms with Gasteiger partial charge in [0.25, 0.3) is 0 Å². The highest BCUT2D eigenvalue weighted by Crippen LogP contribution is 2.19. The lowest BCUT2D eigenvalue weighted by atomic mass is 10.1. The molecule has 0 aliphatic carbocycles. The molecule has 0 saturated carbocycles. The lowest BCUT2D eigenvalue weighted by Gasteiger charge is -2.17. The van der Waals surface area contributed by atoms with E-state index in [1.54, 1.807) is 16.2 Å². The van der Waals surface area contributed by atoms with Crippen LogP contribution in [0.2, 0.25) is 5.02 Å². The largest absolute Gasteiger partial charge is 0.389 e. The lowest BCUT2D eigenvalue weighted by molar-refractivity contribution is -0.00868. The van der Waals surface area contributed by atoms with Crippen LogP contribution in [-0.4, -0.2) is 27.0 Å². The summed E-state index contributed by atoms with van der Waals surface area (Å²) in [6.07, 6.45) is -0.950. The Labute approximate surface area is 151 Å². The summed E-state index contributed by atoms with van der Waals surface area (Å²) in [5.41, 5.74) is 2.49. The molecule has 0 fully saturated rings. The van der Waals surface area contributed by atoms with Crippen molar-refractivity contribution < 1.29 is 9.84 Å². The first-order valence-corrected chi connectivity index (χ1v) is 8.54. The second-order valence-electron chi connectivity index (χ2n) is 6.12. The molecular weight excluding hydrogens is 340 g/mol. The predicted molar refractivity (Wildman–Crippen MR) is 99.0 cm³/mol. The van der Waals surface area contributed by atoms with Gasteiger partial charge in [-0.3, -0.25) is 9.13 Å². The maximum absolute atomic E-state index is 12.4. The molecule has 132 valence electrons. The predicted octanol–water partition coefficient (Wildman–Crippen LogP) is 3.13. The fraction of sp³-hybridized carbons (Fsp3) is 0.316. The summed E-state index contributed by atoms with van der Waals surface area (Å²) in [7, 11) is 1.73. The number of aliphatic hydroxyl groups excluding tert-OH is 1. The molecule has 1 aromatic heterocycles. The second kappa shape index (κ2) is 7.44. The highest BCUT2D eigenvalue weighted by Gasteiger charge is 2.15. The number of rotatable bonds is 6. The molecule has 0 saturated heterocycles. The van der Waals surface area contributed by atoms with Gasteiger partial charge in [-0.2, -0.15) is 0 Å². The highest BCUT2D eigenvalue weighted by atomic mass is 35.5. The zero-order valence-corrected chi connectivity index (χ0v) is 15.0. The van der Waals surface area contributed by atoms with Crippen LogP contribution < -0.4 is 5.69 Å². The summed E-state index contributed by atoms with van der Waals surface area (Å²) >= 11 is 5.88. The molecule has 2 atom stereocenters. The van der Waals surface area contributed by atoms with E-state index in [1.165, 1.54) is 0 Å². The van der Waals surface area contributed by atoms with E-state index in [2.05, 4.69) is 0 Å².